The van der Waals surface area contributed by atoms with Crippen LogP contribution >= 0.6 is 0 Å². The van der Waals surface area contributed by atoms with Crippen molar-refractivity contribution < 1.29 is 48.7 Å². The fraction of sp³-hybridized carbons (Fsp3) is 0.625. The molecule has 15 heavy (non-hydrogen) atoms. The van der Waals surface area contributed by atoms with Gasteiger partial charge in [-0.05, 0) is 11.5 Å². The van der Waals surface area contributed by atoms with Crippen LogP contribution in [-0.2, 0) is 14.9 Å². The predicted octanol–water partition coefficient (Wildman–Crippen LogP) is -2.31. The average molecular weight is 247 g/mol. The summed E-state index contributed by atoms with van der Waals surface area (Å²) in [6, 6.07) is 0. The first-order chi connectivity index (χ1) is 5.98. The van der Waals surface area contributed by atoms with Crippen molar-refractivity contribution in [1.29, 1.82) is 0 Å². The molecule has 0 radical (unpaired) electrons. The molecule has 0 unspecified atom stereocenters. The molecule has 0 bridgehead atoms. The molecule has 0 aromatic rings. The molecule has 86 valence electrons. The van der Waals surface area contributed by atoms with Gasteiger partial charge in [0.15, 0.2) is 0 Å². The molecule has 3 N–H and O–H groups in total. The Hall–Kier alpha value is 0.120. The number of amides is 1. The molecule has 0 aliphatic heterocycles. The molecule has 0 atom stereocenters. The number of nitrogens with two attached hydrogens (primary N) is 1. The molecule has 0 fully saturated rings. The van der Waals surface area contributed by atoms with Crippen LogP contribution in [0.4, 0.5) is 0 Å². The van der Waals surface area contributed by atoms with Crippen LogP contribution in [0.25, 0.3) is 0 Å². The first kappa shape index (κ1) is 20.5. The van der Waals surface area contributed by atoms with Gasteiger partial charge in [-0.15, -0.1) is 0 Å². The van der Waals surface area contributed by atoms with Gasteiger partial charge in [-0.2, -0.15) is 8.42 Å². The van der Waals surface area contributed by atoms with Gasteiger partial charge in [-0.3, -0.25) is 9.35 Å². The first-order valence-electron chi connectivity index (χ1n) is 3.85. The summed E-state index contributed by atoms with van der Waals surface area (Å²) in [5, 5.41) is 0. The van der Waals surface area contributed by atoms with Crippen LogP contribution in [0.2, 0.25) is 0 Å². The molecule has 0 spiro atoms. The van der Waals surface area contributed by atoms with Crippen LogP contribution in [0.5, 0.6) is 0 Å². The molecule has 5 nitrogen and oxygen atoms in total. The summed E-state index contributed by atoms with van der Waals surface area (Å²) < 4.78 is 28.7. The van der Waals surface area contributed by atoms with E-state index in [2.05, 4.69) is 12.3 Å². The van der Waals surface area contributed by atoms with E-state index in [1.807, 2.05) is 0 Å². The minimum atomic E-state index is -3.78. The topological polar surface area (TPSA) is 97.5 Å². The van der Waals surface area contributed by atoms with E-state index in [0.29, 0.717) is 0 Å². The minimum absolute atomic E-state index is 0. The van der Waals surface area contributed by atoms with Crippen molar-refractivity contribution in [3.8, 4) is 0 Å². The van der Waals surface area contributed by atoms with E-state index in [9.17, 15) is 13.2 Å². The third-order valence-electron chi connectivity index (χ3n) is 0.817. The standard InChI is InChI=1S/C5H12O3S.C3H5NO.Na.H/c1-5(2,3)4-9(6,7)8;1-2-3(4)5;;/h4H2,1-3H3,(H,6,7,8);2H,1H2,(H2,4,5);;/q;;+1;-1. The zero-order chi connectivity index (χ0) is 12.0. The van der Waals surface area contributed by atoms with Gasteiger partial charge in [-0.1, -0.05) is 27.4 Å². The molecule has 1 amide bonds. The van der Waals surface area contributed by atoms with E-state index in [-0.39, 0.29) is 42.2 Å². The fourth-order valence-electron chi connectivity index (χ4n) is 0.547. The summed E-state index contributed by atoms with van der Waals surface area (Å²) in [4.78, 5) is 9.47. The minimum Gasteiger partial charge on any atom is -1.00 e. The van der Waals surface area contributed by atoms with E-state index in [1.165, 1.54) is 0 Å². The van der Waals surface area contributed by atoms with Crippen LogP contribution in [0.15, 0.2) is 12.7 Å². The van der Waals surface area contributed by atoms with Gasteiger partial charge in [0, 0.05) is 0 Å². The Kier molecular flexibility index (Phi) is 11.3. The quantitative estimate of drug-likeness (QED) is 0.325. The number of rotatable bonds is 2. The van der Waals surface area contributed by atoms with Crippen LogP contribution in [0.3, 0.4) is 0 Å². The summed E-state index contributed by atoms with van der Waals surface area (Å²) in [7, 11) is -3.78. The van der Waals surface area contributed by atoms with Gasteiger partial charge in [0.1, 0.15) is 0 Å². The van der Waals surface area contributed by atoms with Gasteiger partial charge >= 0.3 is 29.6 Å². The van der Waals surface area contributed by atoms with Gasteiger partial charge in [0.2, 0.25) is 5.91 Å². The summed E-state index contributed by atoms with van der Waals surface area (Å²) in [6.07, 6.45) is 1.06. The van der Waals surface area contributed by atoms with E-state index < -0.39 is 16.0 Å². The Morgan fingerprint density at radius 1 is 1.53 bits per heavy atom. The van der Waals surface area contributed by atoms with E-state index in [0.717, 1.165) is 6.08 Å². The molecule has 0 saturated carbocycles. The van der Waals surface area contributed by atoms with Crippen molar-refractivity contribution >= 4 is 16.0 Å². The predicted molar refractivity (Wildman–Crippen MR) is 56.4 cm³/mol. The maximum atomic E-state index is 10.2. The number of primary amides is 1. The second-order valence-electron chi connectivity index (χ2n) is 3.89. The monoisotopic (exact) mass is 247 g/mol. The molecule has 0 heterocycles. The molecular formula is C8H18NNaO4S. The third-order valence-corrected chi connectivity index (χ3v) is 2.05. The van der Waals surface area contributed by atoms with Crippen molar-refractivity contribution in [3.05, 3.63) is 12.7 Å². The Morgan fingerprint density at radius 2 is 1.80 bits per heavy atom. The van der Waals surface area contributed by atoms with Gasteiger partial charge in [0.05, 0.1) is 5.75 Å². The summed E-state index contributed by atoms with van der Waals surface area (Å²) in [6.45, 7) is 8.34. The van der Waals surface area contributed by atoms with Crippen molar-refractivity contribution in [2.45, 2.75) is 20.8 Å². The number of hydrogen-bond donors (Lipinski definition) is 2. The van der Waals surface area contributed by atoms with E-state index >= 15 is 0 Å². The Morgan fingerprint density at radius 3 is 1.80 bits per heavy atom. The normalized spacial score (nSPS) is 10.4. The molecular weight excluding hydrogens is 229 g/mol. The summed E-state index contributed by atoms with van der Waals surface area (Å²) in [5.41, 5.74) is 4.18. The van der Waals surface area contributed by atoms with Crippen LogP contribution < -0.4 is 35.3 Å². The average Bonchev–Trinajstić information content (AvgIpc) is 1.80. The Bertz CT molecular complexity index is 298. The smallest absolute Gasteiger partial charge is 1.00 e. The van der Waals surface area contributed by atoms with Crippen molar-refractivity contribution in [2.24, 2.45) is 11.1 Å². The van der Waals surface area contributed by atoms with Crippen molar-refractivity contribution in [3.63, 3.8) is 0 Å². The van der Waals surface area contributed by atoms with Gasteiger partial charge < -0.3 is 7.16 Å². The van der Waals surface area contributed by atoms with Crippen molar-refractivity contribution in [2.75, 3.05) is 5.75 Å². The van der Waals surface area contributed by atoms with Crippen LogP contribution in [0, 0.1) is 5.41 Å². The van der Waals surface area contributed by atoms with Crippen molar-refractivity contribution in [1.82, 2.24) is 0 Å². The third kappa shape index (κ3) is 31.5. The number of hydrogen-bond acceptors (Lipinski definition) is 3. The zero-order valence-corrected chi connectivity index (χ0v) is 12.5. The van der Waals surface area contributed by atoms with E-state index in [1.54, 1.807) is 20.8 Å². The second kappa shape index (κ2) is 8.29. The summed E-state index contributed by atoms with van der Waals surface area (Å²) >= 11 is 0. The Labute approximate surface area is 115 Å². The van der Waals surface area contributed by atoms with Crippen LogP contribution in [-0.4, -0.2) is 24.6 Å². The molecule has 0 aromatic carbocycles. The molecule has 0 aliphatic rings. The molecule has 7 heteroatoms. The molecule has 0 aliphatic carbocycles. The Balaban J connectivity index is -0.0000000904. The van der Waals surface area contributed by atoms with Gasteiger partial charge in [0.25, 0.3) is 10.1 Å². The largest absolute Gasteiger partial charge is 1.00 e. The van der Waals surface area contributed by atoms with Gasteiger partial charge in [-0.25, -0.2) is 0 Å². The summed E-state index contributed by atoms with van der Waals surface area (Å²) in [5.74, 6) is -0.662. The zero-order valence-electron chi connectivity index (χ0n) is 10.6. The first-order valence-corrected chi connectivity index (χ1v) is 5.46. The number of carbonyl (C=O) groups excluding carboxylic acids is 1. The maximum absolute atomic E-state index is 10.2. The molecule has 0 aromatic heterocycles. The number of carbonyl (C=O) groups is 1. The molecule has 0 saturated heterocycles. The van der Waals surface area contributed by atoms with Crippen LogP contribution in [0.1, 0.15) is 22.2 Å². The molecule has 0 rings (SSSR count). The van der Waals surface area contributed by atoms with E-state index in [4.69, 9.17) is 4.55 Å². The fourth-order valence-corrected chi connectivity index (χ4v) is 1.64. The SMILES string of the molecule is C=CC(N)=O.CC(C)(C)CS(=O)(=O)O.[H-].[Na+]. The second-order valence-corrected chi connectivity index (χ2v) is 5.35. The maximum Gasteiger partial charge on any atom is 1.00 e.